The normalized spacial score (nSPS) is 16.6. The summed E-state index contributed by atoms with van der Waals surface area (Å²) in [5.41, 5.74) is 3.16. The van der Waals surface area contributed by atoms with E-state index >= 15 is 0 Å². The molecule has 0 saturated heterocycles. The van der Waals surface area contributed by atoms with Gasteiger partial charge < -0.3 is 4.90 Å². The number of hydrogen-bond donors (Lipinski definition) is 1. The lowest BCUT2D eigenvalue weighted by atomic mass is 10.1. The molecule has 25 heavy (non-hydrogen) atoms. The van der Waals surface area contributed by atoms with Crippen molar-refractivity contribution >= 4 is 27.3 Å². The smallest absolute Gasteiger partial charge is 0.262 e. The number of fused-ring (bicyclic) bond motifs is 1. The van der Waals surface area contributed by atoms with Gasteiger partial charge in [0.1, 0.15) is 0 Å². The topological polar surface area (TPSA) is 66.5 Å². The van der Waals surface area contributed by atoms with Crippen molar-refractivity contribution in [1.82, 2.24) is 0 Å². The Morgan fingerprint density at radius 2 is 1.92 bits per heavy atom. The Kier molecular flexibility index (Phi) is 3.80. The van der Waals surface area contributed by atoms with Crippen molar-refractivity contribution in [3.63, 3.8) is 0 Å². The number of carbonyl (C=O) groups is 1. The van der Waals surface area contributed by atoms with Crippen LogP contribution in [0.4, 0.5) is 11.4 Å². The molecule has 1 aliphatic carbocycles. The SMILES string of the molecule is Cc1ccccc1S(=O)(=O)Nc1ccc2c(c1)CCN2C(=O)C1CC1. The highest BCUT2D eigenvalue weighted by molar-refractivity contribution is 7.92. The number of carbonyl (C=O) groups excluding carboxylic acids is 1. The molecule has 1 aliphatic heterocycles. The molecule has 2 aliphatic rings. The molecule has 0 aromatic heterocycles. The van der Waals surface area contributed by atoms with Crippen LogP contribution in [0.2, 0.25) is 0 Å². The van der Waals surface area contributed by atoms with Crippen LogP contribution in [0.25, 0.3) is 0 Å². The molecule has 1 amide bonds. The predicted molar refractivity (Wildman–Crippen MR) is 97.2 cm³/mol. The Labute approximate surface area is 147 Å². The molecule has 130 valence electrons. The van der Waals surface area contributed by atoms with E-state index in [9.17, 15) is 13.2 Å². The molecule has 0 unspecified atom stereocenters. The molecule has 2 aromatic rings. The summed E-state index contributed by atoms with van der Waals surface area (Å²) in [6.07, 6.45) is 2.73. The number of aryl methyl sites for hydroxylation is 1. The Balaban J connectivity index is 1.59. The third-order valence-electron chi connectivity index (χ3n) is 4.80. The van der Waals surface area contributed by atoms with Crippen LogP contribution in [-0.4, -0.2) is 20.9 Å². The Morgan fingerprint density at radius 1 is 1.16 bits per heavy atom. The van der Waals surface area contributed by atoms with Crippen LogP contribution in [0.3, 0.4) is 0 Å². The lowest BCUT2D eigenvalue weighted by Gasteiger charge is -2.17. The van der Waals surface area contributed by atoms with E-state index in [0.717, 1.165) is 30.5 Å². The zero-order valence-electron chi connectivity index (χ0n) is 14.0. The highest BCUT2D eigenvalue weighted by Crippen LogP contribution is 2.37. The third-order valence-corrected chi connectivity index (χ3v) is 6.34. The Hall–Kier alpha value is -2.34. The van der Waals surface area contributed by atoms with E-state index in [1.54, 1.807) is 31.2 Å². The molecule has 0 radical (unpaired) electrons. The van der Waals surface area contributed by atoms with E-state index in [1.807, 2.05) is 23.1 Å². The summed E-state index contributed by atoms with van der Waals surface area (Å²) in [6, 6.07) is 12.3. The fourth-order valence-electron chi connectivity index (χ4n) is 3.31. The highest BCUT2D eigenvalue weighted by Gasteiger charge is 2.36. The second kappa shape index (κ2) is 5.88. The third kappa shape index (κ3) is 3.02. The van der Waals surface area contributed by atoms with Crippen molar-refractivity contribution in [3.05, 3.63) is 53.6 Å². The number of amides is 1. The number of rotatable bonds is 4. The molecule has 2 aromatic carbocycles. The Morgan fingerprint density at radius 3 is 2.64 bits per heavy atom. The molecule has 1 fully saturated rings. The molecule has 1 saturated carbocycles. The maximum Gasteiger partial charge on any atom is 0.262 e. The molecule has 0 bridgehead atoms. The van der Waals surface area contributed by atoms with Gasteiger partial charge in [0.25, 0.3) is 10.0 Å². The first-order chi connectivity index (χ1) is 12.0. The van der Waals surface area contributed by atoms with Crippen LogP contribution in [0.15, 0.2) is 47.4 Å². The zero-order chi connectivity index (χ0) is 17.6. The first-order valence-electron chi connectivity index (χ1n) is 8.48. The number of hydrogen-bond acceptors (Lipinski definition) is 3. The van der Waals surface area contributed by atoms with Gasteiger partial charge in [0.2, 0.25) is 5.91 Å². The van der Waals surface area contributed by atoms with E-state index in [1.165, 1.54) is 0 Å². The average molecular weight is 356 g/mol. The van der Waals surface area contributed by atoms with Gasteiger partial charge in [-0.1, -0.05) is 18.2 Å². The summed E-state index contributed by atoms with van der Waals surface area (Å²) in [5, 5.41) is 0. The first-order valence-corrected chi connectivity index (χ1v) is 9.97. The maximum atomic E-state index is 12.6. The quantitative estimate of drug-likeness (QED) is 0.915. The second-order valence-electron chi connectivity index (χ2n) is 6.73. The second-order valence-corrected chi connectivity index (χ2v) is 8.38. The zero-order valence-corrected chi connectivity index (χ0v) is 14.8. The summed E-state index contributed by atoms with van der Waals surface area (Å²) in [4.78, 5) is 14.4. The van der Waals surface area contributed by atoms with Crippen LogP contribution in [0.5, 0.6) is 0 Å². The van der Waals surface area contributed by atoms with Crippen molar-refractivity contribution in [3.8, 4) is 0 Å². The standard InChI is InChI=1S/C19H20N2O3S/c1-13-4-2-3-5-18(13)25(23,24)20-16-8-9-17-15(12-16)10-11-21(17)19(22)14-6-7-14/h2-5,8-9,12,14,20H,6-7,10-11H2,1H3. The van der Waals surface area contributed by atoms with Crippen molar-refractivity contribution < 1.29 is 13.2 Å². The maximum absolute atomic E-state index is 12.6. The van der Waals surface area contributed by atoms with Crippen molar-refractivity contribution in [2.24, 2.45) is 5.92 Å². The first kappa shape index (κ1) is 16.1. The van der Waals surface area contributed by atoms with Crippen LogP contribution in [0, 0.1) is 12.8 Å². The monoisotopic (exact) mass is 356 g/mol. The molecule has 5 nitrogen and oxygen atoms in total. The predicted octanol–water partition coefficient (Wildman–Crippen LogP) is 3.09. The number of benzene rings is 2. The van der Waals surface area contributed by atoms with E-state index in [4.69, 9.17) is 0 Å². The van der Waals surface area contributed by atoms with E-state index in [-0.39, 0.29) is 16.7 Å². The minimum Gasteiger partial charge on any atom is -0.312 e. The number of nitrogens with zero attached hydrogens (tertiary/aromatic N) is 1. The van der Waals surface area contributed by atoms with Gasteiger partial charge in [-0.25, -0.2) is 8.42 Å². The van der Waals surface area contributed by atoms with Gasteiger partial charge in [-0.3, -0.25) is 9.52 Å². The number of sulfonamides is 1. The van der Waals surface area contributed by atoms with Crippen LogP contribution >= 0.6 is 0 Å². The minimum atomic E-state index is -3.63. The summed E-state index contributed by atoms with van der Waals surface area (Å²) in [5.74, 6) is 0.386. The molecule has 4 rings (SSSR count). The van der Waals surface area contributed by atoms with Crippen LogP contribution in [0.1, 0.15) is 24.0 Å². The fourth-order valence-corrected chi connectivity index (χ4v) is 4.61. The van der Waals surface area contributed by atoms with E-state index < -0.39 is 10.0 Å². The Bertz CT molecular complexity index is 949. The van der Waals surface area contributed by atoms with Gasteiger partial charge in [0.15, 0.2) is 0 Å². The van der Waals surface area contributed by atoms with Gasteiger partial charge >= 0.3 is 0 Å². The molecule has 0 spiro atoms. The largest absolute Gasteiger partial charge is 0.312 e. The molecule has 1 heterocycles. The lowest BCUT2D eigenvalue weighted by Crippen LogP contribution is -2.30. The molecule has 1 N–H and O–H groups in total. The van der Waals surface area contributed by atoms with Gasteiger partial charge in [-0.05, 0) is 61.6 Å². The van der Waals surface area contributed by atoms with Gasteiger partial charge in [-0.15, -0.1) is 0 Å². The number of anilines is 2. The van der Waals surface area contributed by atoms with Gasteiger partial charge in [0.05, 0.1) is 4.90 Å². The fraction of sp³-hybridized carbons (Fsp3) is 0.316. The molecular weight excluding hydrogens is 336 g/mol. The van der Waals surface area contributed by atoms with Crippen molar-refractivity contribution in [1.29, 1.82) is 0 Å². The van der Waals surface area contributed by atoms with Gasteiger partial charge in [0, 0.05) is 23.8 Å². The number of nitrogens with one attached hydrogen (secondary N) is 1. The summed E-state index contributed by atoms with van der Waals surface area (Å²) < 4.78 is 27.9. The highest BCUT2D eigenvalue weighted by atomic mass is 32.2. The van der Waals surface area contributed by atoms with E-state index in [0.29, 0.717) is 17.8 Å². The lowest BCUT2D eigenvalue weighted by molar-refractivity contribution is -0.119. The minimum absolute atomic E-state index is 0.185. The molecule has 0 atom stereocenters. The van der Waals surface area contributed by atoms with Crippen LogP contribution < -0.4 is 9.62 Å². The molecule has 6 heteroatoms. The van der Waals surface area contributed by atoms with Gasteiger partial charge in [-0.2, -0.15) is 0 Å². The molecular formula is C19H20N2O3S. The van der Waals surface area contributed by atoms with Crippen molar-refractivity contribution in [2.45, 2.75) is 31.1 Å². The van der Waals surface area contributed by atoms with Crippen molar-refractivity contribution in [2.75, 3.05) is 16.2 Å². The van der Waals surface area contributed by atoms with E-state index in [2.05, 4.69) is 4.72 Å². The van der Waals surface area contributed by atoms with Crippen LogP contribution in [-0.2, 0) is 21.2 Å². The summed E-state index contributed by atoms with van der Waals surface area (Å²) >= 11 is 0. The average Bonchev–Trinajstić information content (AvgIpc) is 3.34. The summed E-state index contributed by atoms with van der Waals surface area (Å²) in [7, 11) is -3.63. The summed E-state index contributed by atoms with van der Waals surface area (Å²) in [6.45, 7) is 2.46.